The highest BCUT2D eigenvalue weighted by Gasteiger charge is 2.26. The molecule has 3 heterocycles. The third kappa shape index (κ3) is 6.29. The predicted octanol–water partition coefficient (Wildman–Crippen LogP) is 4.91. The Balaban J connectivity index is 1.29. The lowest BCUT2D eigenvalue weighted by molar-refractivity contribution is 0.124. The third-order valence-corrected chi connectivity index (χ3v) is 6.86. The fourth-order valence-electron chi connectivity index (χ4n) is 4.50. The van der Waals surface area contributed by atoms with Crippen LogP contribution >= 0.6 is 11.6 Å². The molecular formula is C27H31ClN8O2. The van der Waals surface area contributed by atoms with E-state index < -0.39 is 12.2 Å². The number of amides is 1. The van der Waals surface area contributed by atoms with E-state index in [1.165, 1.54) is 0 Å². The van der Waals surface area contributed by atoms with Gasteiger partial charge in [-0.3, -0.25) is 0 Å². The Bertz CT molecular complexity index is 1370. The zero-order chi connectivity index (χ0) is 26.6. The highest BCUT2D eigenvalue weighted by Crippen LogP contribution is 2.31. The summed E-state index contributed by atoms with van der Waals surface area (Å²) in [5.41, 5.74) is 3.82. The Hall–Kier alpha value is -3.97. The number of carbonyl (C=O) groups excluding carboxylic acids is 1. The summed E-state index contributed by atoms with van der Waals surface area (Å²) in [6.07, 6.45) is 13.4. The molecule has 10 nitrogen and oxygen atoms in total. The number of ether oxygens (including phenoxy) is 1. The first-order valence-electron chi connectivity index (χ1n) is 12.8. The van der Waals surface area contributed by atoms with Crippen molar-refractivity contribution in [3.63, 3.8) is 0 Å². The Labute approximate surface area is 226 Å². The van der Waals surface area contributed by atoms with Crippen molar-refractivity contribution in [1.29, 1.82) is 0 Å². The largest absolute Gasteiger partial charge is 0.433 e. The minimum Gasteiger partial charge on any atom is -0.433 e. The number of rotatable bonds is 9. The normalized spacial score (nSPS) is 19.7. The number of pyridine rings is 1. The molecular weight excluding hydrogens is 504 g/mol. The van der Waals surface area contributed by atoms with Gasteiger partial charge in [-0.1, -0.05) is 24.1 Å². The Morgan fingerprint density at radius 3 is 2.58 bits per heavy atom. The van der Waals surface area contributed by atoms with Gasteiger partial charge in [0.05, 0.1) is 17.6 Å². The van der Waals surface area contributed by atoms with Crippen LogP contribution in [0.15, 0.2) is 37.2 Å². The minimum absolute atomic E-state index is 0.0596. The van der Waals surface area contributed by atoms with Crippen molar-refractivity contribution in [3.05, 3.63) is 48.0 Å². The van der Waals surface area contributed by atoms with Gasteiger partial charge < -0.3 is 26.0 Å². The van der Waals surface area contributed by atoms with E-state index >= 15 is 0 Å². The molecule has 5 rings (SSSR count). The number of alkyl carbamates (subject to hydrolysis) is 1. The fraction of sp³-hybridized carbons (Fsp3) is 0.407. The van der Waals surface area contributed by atoms with Crippen molar-refractivity contribution in [2.75, 3.05) is 16.0 Å². The smallest absolute Gasteiger partial charge is 0.408 e. The van der Waals surface area contributed by atoms with Crippen molar-refractivity contribution in [2.45, 2.75) is 69.7 Å². The van der Waals surface area contributed by atoms with E-state index in [9.17, 15) is 4.79 Å². The van der Waals surface area contributed by atoms with Crippen LogP contribution in [0.5, 0.6) is 0 Å². The summed E-state index contributed by atoms with van der Waals surface area (Å²) in [5, 5.41) is 18.6. The van der Waals surface area contributed by atoms with Gasteiger partial charge in [-0.05, 0) is 57.6 Å². The molecule has 11 heteroatoms. The molecule has 2 saturated carbocycles. The number of terminal acetylenes is 1. The molecule has 1 amide bonds. The average molecular weight is 535 g/mol. The lowest BCUT2D eigenvalue weighted by atomic mass is 9.91. The van der Waals surface area contributed by atoms with Crippen LogP contribution in [0.3, 0.4) is 0 Å². The van der Waals surface area contributed by atoms with E-state index in [4.69, 9.17) is 27.9 Å². The van der Waals surface area contributed by atoms with Crippen molar-refractivity contribution in [3.8, 4) is 12.3 Å². The molecule has 3 aromatic rings. The molecule has 4 N–H and O–H groups in total. The van der Waals surface area contributed by atoms with Crippen LogP contribution in [0, 0.1) is 12.3 Å². The van der Waals surface area contributed by atoms with E-state index in [2.05, 4.69) is 43.7 Å². The van der Waals surface area contributed by atoms with Crippen LogP contribution in [0.25, 0.3) is 11.3 Å². The number of imidazole rings is 1. The maximum Gasteiger partial charge on any atom is 0.408 e. The van der Waals surface area contributed by atoms with Gasteiger partial charge in [-0.25, -0.2) is 19.3 Å². The van der Waals surface area contributed by atoms with Gasteiger partial charge in [0.2, 0.25) is 0 Å². The predicted molar refractivity (Wildman–Crippen MR) is 149 cm³/mol. The molecule has 3 aromatic heterocycles. The van der Waals surface area contributed by atoms with Gasteiger partial charge >= 0.3 is 6.09 Å². The van der Waals surface area contributed by atoms with Gasteiger partial charge in [0.25, 0.3) is 0 Å². The first kappa shape index (κ1) is 25.7. The molecule has 2 aliphatic rings. The van der Waals surface area contributed by atoms with Crippen molar-refractivity contribution >= 4 is 46.2 Å². The monoisotopic (exact) mass is 534 g/mol. The number of fused-ring (bicyclic) bond motifs is 1. The molecule has 0 aromatic carbocycles. The number of halogens is 1. The summed E-state index contributed by atoms with van der Waals surface area (Å²) >= 11 is 6.04. The Kier molecular flexibility index (Phi) is 7.56. The van der Waals surface area contributed by atoms with Crippen LogP contribution in [0.2, 0.25) is 5.15 Å². The Morgan fingerprint density at radius 1 is 1.16 bits per heavy atom. The maximum atomic E-state index is 12.0. The highest BCUT2D eigenvalue weighted by atomic mass is 35.5. The lowest BCUT2D eigenvalue weighted by Crippen LogP contribution is -2.41. The molecule has 1 unspecified atom stereocenters. The van der Waals surface area contributed by atoms with Crippen LogP contribution in [-0.4, -0.2) is 49.9 Å². The van der Waals surface area contributed by atoms with Gasteiger partial charge in [0.15, 0.2) is 11.8 Å². The van der Waals surface area contributed by atoms with E-state index in [1.807, 2.05) is 12.1 Å². The number of aromatic nitrogens is 4. The number of nitrogens with zero attached hydrogens (tertiary/aromatic N) is 4. The van der Waals surface area contributed by atoms with Crippen LogP contribution < -0.4 is 21.3 Å². The number of hydrogen-bond acceptors (Lipinski definition) is 8. The van der Waals surface area contributed by atoms with Crippen LogP contribution in [0.1, 0.15) is 51.1 Å². The van der Waals surface area contributed by atoms with E-state index in [1.54, 1.807) is 29.9 Å². The highest BCUT2D eigenvalue weighted by molar-refractivity contribution is 6.29. The van der Waals surface area contributed by atoms with Gasteiger partial charge in [-0.15, -0.1) is 11.5 Å². The van der Waals surface area contributed by atoms with E-state index in [0.29, 0.717) is 16.9 Å². The summed E-state index contributed by atoms with van der Waals surface area (Å²) in [7, 11) is 0. The first-order chi connectivity index (χ1) is 18.4. The van der Waals surface area contributed by atoms with Crippen molar-refractivity contribution in [1.82, 2.24) is 24.9 Å². The zero-order valence-corrected chi connectivity index (χ0v) is 22.0. The summed E-state index contributed by atoms with van der Waals surface area (Å²) in [4.78, 5) is 20.7. The fourth-order valence-corrected chi connectivity index (χ4v) is 4.68. The lowest BCUT2D eigenvalue weighted by Gasteiger charge is -2.30. The minimum atomic E-state index is -0.547. The second-order valence-electron chi connectivity index (χ2n) is 9.76. The summed E-state index contributed by atoms with van der Waals surface area (Å²) < 4.78 is 6.94. The molecule has 2 aliphatic carbocycles. The second-order valence-corrected chi connectivity index (χ2v) is 10.2. The molecule has 198 valence electrons. The molecule has 0 bridgehead atoms. The molecule has 2 fully saturated rings. The first-order valence-corrected chi connectivity index (χ1v) is 13.2. The van der Waals surface area contributed by atoms with Crippen molar-refractivity contribution < 1.29 is 9.53 Å². The number of hydrogen-bond donors (Lipinski definition) is 4. The summed E-state index contributed by atoms with van der Waals surface area (Å²) in [6, 6.07) is 6.31. The van der Waals surface area contributed by atoms with Crippen LogP contribution in [-0.2, 0) is 4.74 Å². The van der Waals surface area contributed by atoms with E-state index in [-0.39, 0.29) is 12.1 Å². The number of anilines is 3. The average Bonchev–Trinajstić information content (AvgIpc) is 3.60. The zero-order valence-electron chi connectivity index (χ0n) is 21.2. The van der Waals surface area contributed by atoms with Gasteiger partial charge in [0, 0.05) is 36.1 Å². The molecule has 0 radical (unpaired) electrons. The molecule has 0 spiro atoms. The van der Waals surface area contributed by atoms with Crippen molar-refractivity contribution in [2.24, 2.45) is 0 Å². The third-order valence-electron chi connectivity index (χ3n) is 6.66. The second kappa shape index (κ2) is 11.2. The van der Waals surface area contributed by atoms with Crippen LogP contribution in [0.4, 0.5) is 22.0 Å². The maximum absolute atomic E-state index is 12.0. The van der Waals surface area contributed by atoms with Gasteiger partial charge in [-0.2, -0.15) is 0 Å². The summed E-state index contributed by atoms with van der Waals surface area (Å²) in [6.45, 7) is 5.87. The summed E-state index contributed by atoms with van der Waals surface area (Å²) in [5.74, 6) is 3.14. The molecule has 1 atom stereocenters. The molecule has 0 saturated heterocycles. The van der Waals surface area contributed by atoms with Gasteiger partial charge in [0.1, 0.15) is 16.7 Å². The quantitative estimate of drug-likeness (QED) is 0.226. The Morgan fingerprint density at radius 2 is 1.87 bits per heavy atom. The standard InChI is InChI=1S/C27H31ClN8O2/c1-4-16(2)38-27(37)34-20-9-7-19(8-10-20)33-25-14-22(32-18-5-6-18)26-30-15-23(36(26)35-25)17(3)31-21-11-12-29-24(28)13-21/h1,11-16,18-20,32H,3,5-10H2,2H3,(H,29,31)(H,33,35)(H,34,37)/t16?,19-,20-. The van der Waals surface area contributed by atoms with E-state index in [0.717, 1.165) is 67.1 Å². The topological polar surface area (TPSA) is 118 Å². The molecule has 38 heavy (non-hydrogen) atoms. The number of nitrogens with one attached hydrogen (secondary N) is 4. The SMILES string of the molecule is C#CC(C)OC(=O)N[C@H]1CC[C@H](Nc2cc(NC3CC3)c3ncc(C(=C)Nc4ccnc(Cl)c4)n3n2)CC1. The molecule has 0 aliphatic heterocycles. The number of carbonyl (C=O) groups is 1.